The molecule has 0 radical (unpaired) electrons. The van der Waals surface area contributed by atoms with E-state index < -0.39 is 17.9 Å². The van der Waals surface area contributed by atoms with E-state index in [1.807, 2.05) is 0 Å². The van der Waals surface area contributed by atoms with Crippen molar-refractivity contribution in [2.75, 3.05) is 5.73 Å². The molecule has 4 nitrogen and oxygen atoms in total. The zero-order valence-electron chi connectivity index (χ0n) is 12.8. The van der Waals surface area contributed by atoms with E-state index in [1.165, 1.54) is 12.1 Å². The summed E-state index contributed by atoms with van der Waals surface area (Å²) in [5.74, 6) is -0.285. The lowest BCUT2D eigenvalue weighted by atomic mass is 9.60. The van der Waals surface area contributed by atoms with Gasteiger partial charge in [0.15, 0.2) is 0 Å². The summed E-state index contributed by atoms with van der Waals surface area (Å²) in [5.41, 5.74) is 6.86. The van der Waals surface area contributed by atoms with Crippen molar-refractivity contribution in [3.8, 4) is 5.75 Å². The molecule has 0 spiro atoms. The zero-order valence-corrected chi connectivity index (χ0v) is 12.8. The van der Waals surface area contributed by atoms with Gasteiger partial charge in [0.2, 0.25) is 0 Å². The summed E-state index contributed by atoms with van der Waals surface area (Å²) in [6.07, 6.45) is -1.74. The van der Waals surface area contributed by atoms with Crippen LogP contribution in [-0.4, -0.2) is 16.5 Å². The maximum atomic E-state index is 12.3. The van der Waals surface area contributed by atoms with Gasteiger partial charge in [-0.15, -0.1) is 13.2 Å². The number of aliphatic hydroxyl groups excluding tert-OH is 1. The lowest BCUT2D eigenvalue weighted by Gasteiger charge is -2.46. The molecule has 1 heterocycles. The Bertz CT molecular complexity index is 713. The van der Waals surface area contributed by atoms with Crippen molar-refractivity contribution in [1.82, 2.24) is 4.98 Å². The molecule has 24 heavy (non-hydrogen) atoms. The fourth-order valence-electron chi connectivity index (χ4n) is 3.19. The van der Waals surface area contributed by atoms with E-state index in [9.17, 15) is 18.3 Å². The molecule has 1 fully saturated rings. The zero-order chi connectivity index (χ0) is 17.4. The van der Waals surface area contributed by atoms with Crippen LogP contribution in [0.1, 0.15) is 36.6 Å². The fourth-order valence-corrected chi connectivity index (χ4v) is 3.19. The number of aromatic nitrogens is 1. The van der Waals surface area contributed by atoms with Crippen molar-refractivity contribution in [3.63, 3.8) is 0 Å². The molecule has 1 aliphatic carbocycles. The number of halogens is 3. The number of hydrogen-bond donors (Lipinski definition) is 2. The third kappa shape index (κ3) is 3.03. The van der Waals surface area contributed by atoms with E-state index in [0.717, 1.165) is 12.0 Å². The molecule has 0 amide bonds. The average Bonchev–Trinajstić information content (AvgIpc) is 2.46. The van der Waals surface area contributed by atoms with Crippen molar-refractivity contribution < 1.29 is 23.0 Å². The number of nitrogens with zero attached hydrogens (tertiary/aromatic N) is 1. The Balaban J connectivity index is 1.89. The van der Waals surface area contributed by atoms with Crippen LogP contribution in [0.4, 0.5) is 18.9 Å². The van der Waals surface area contributed by atoms with Gasteiger partial charge in [0, 0.05) is 11.6 Å². The molecule has 2 aromatic rings. The Labute approximate surface area is 137 Å². The second kappa shape index (κ2) is 5.98. The van der Waals surface area contributed by atoms with Crippen LogP contribution >= 0.6 is 0 Å². The monoisotopic (exact) mass is 338 g/mol. The molecule has 1 aromatic carbocycles. The highest BCUT2D eigenvalue weighted by Crippen LogP contribution is 2.52. The van der Waals surface area contributed by atoms with Crippen LogP contribution in [-0.2, 0) is 5.41 Å². The van der Waals surface area contributed by atoms with E-state index in [-0.39, 0.29) is 5.75 Å². The summed E-state index contributed by atoms with van der Waals surface area (Å²) in [5, 5.41) is 10.8. The summed E-state index contributed by atoms with van der Waals surface area (Å²) in [6, 6.07) is 8.99. The number of pyridine rings is 1. The highest BCUT2D eigenvalue weighted by Gasteiger charge is 2.46. The minimum atomic E-state index is -4.72. The normalized spacial score (nSPS) is 17.8. The van der Waals surface area contributed by atoms with Crippen LogP contribution in [0.5, 0.6) is 5.75 Å². The van der Waals surface area contributed by atoms with Gasteiger partial charge in [0.05, 0.1) is 11.4 Å². The number of hydrogen-bond acceptors (Lipinski definition) is 4. The predicted molar refractivity (Wildman–Crippen MR) is 82.3 cm³/mol. The van der Waals surface area contributed by atoms with Gasteiger partial charge >= 0.3 is 6.36 Å². The Morgan fingerprint density at radius 1 is 1.17 bits per heavy atom. The lowest BCUT2D eigenvalue weighted by Crippen LogP contribution is -2.41. The summed E-state index contributed by atoms with van der Waals surface area (Å²) < 4.78 is 40.7. The summed E-state index contributed by atoms with van der Waals surface area (Å²) >= 11 is 0. The molecule has 1 aromatic heterocycles. The minimum absolute atomic E-state index is 0.285. The highest BCUT2D eigenvalue weighted by molar-refractivity contribution is 5.46. The topological polar surface area (TPSA) is 68.4 Å². The lowest BCUT2D eigenvalue weighted by molar-refractivity contribution is -0.274. The Morgan fingerprint density at radius 3 is 2.33 bits per heavy atom. The van der Waals surface area contributed by atoms with Crippen LogP contribution < -0.4 is 10.5 Å². The van der Waals surface area contributed by atoms with Gasteiger partial charge in [0.1, 0.15) is 11.9 Å². The standard InChI is InChI=1S/C17H17F3N2O2/c18-17(19,20)24-12-6-4-11(5-7-12)16(8-2-9-16)15(23)14-13(21)3-1-10-22-14/h1,3-7,10,15,23H,2,8-9,21H2. The molecule has 3 N–H and O–H groups in total. The molecular weight excluding hydrogens is 321 g/mol. The molecular formula is C17H17F3N2O2. The predicted octanol–water partition coefficient (Wildman–Crippen LogP) is 3.72. The largest absolute Gasteiger partial charge is 0.573 e. The molecule has 0 saturated heterocycles. The first-order valence-electron chi connectivity index (χ1n) is 7.57. The molecule has 7 heteroatoms. The van der Waals surface area contributed by atoms with E-state index in [0.29, 0.717) is 24.2 Å². The van der Waals surface area contributed by atoms with E-state index in [4.69, 9.17) is 5.73 Å². The number of ether oxygens (including phenoxy) is 1. The number of nitrogen functional groups attached to an aromatic ring is 1. The van der Waals surface area contributed by atoms with Crippen LogP contribution in [0, 0.1) is 0 Å². The SMILES string of the molecule is Nc1cccnc1C(O)C1(c2ccc(OC(F)(F)F)cc2)CCC1. The van der Waals surface area contributed by atoms with E-state index in [2.05, 4.69) is 9.72 Å². The average molecular weight is 338 g/mol. The third-order valence-electron chi connectivity index (χ3n) is 4.56. The summed E-state index contributed by atoms with van der Waals surface area (Å²) in [6.45, 7) is 0. The molecule has 128 valence electrons. The smallest absolute Gasteiger partial charge is 0.406 e. The quantitative estimate of drug-likeness (QED) is 0.891. The van der Waals surface area contributed by atoms with Crippen molar-refractivity contribution in [2.24, 2.45) is 0 Å². The van der Waals surface area contributed by atoms with Crippen LogP contribution in [0.3, 0.4) is 0 Å². The number of alkyl halides is 3. The van der Waals surface area contributed by atoms with Crippen LogP contribution in [0.2, 0.25) is 0 Å². The molecule has 0 aliphatic heterocycles. The molecule has 1 unspecified atom stereocenters. The second-order valence-corrected chi connectivity index (χ2v) is 5.96. The van der Waals surface area contributed by atoms with E-state index >= 15 is 0 Å². The van der Waals surface area contributed by atoms with Crippen LogP contribution in [0.15, 0.2) is 42.6 Å². The number of aliphatic hydroxyl groups is 1. The number of anilines is 1. The van der Waals surface area contributed by atoms with Crippen molar-refractivity contribution >= 4 is 5.69 Å². The summed E-state index contributed by atoms with van der Waals surface area (Å²) in [4.78, 5) is 4.17. The molecule has 0 bridgehead atoms. The number of rotatable bonds is 4. The van der Waals surface area contributed by atoms with Crippen LogP contribution in [0.25, 0.3) is 0 Å². The van der Waals surface area contributed by atoms with Gasteiger partial charge in [0.25, 0.3) is 0 Å². The maximum Gasteiger partial charge on any atom is 0.573 e. The summed E-state index contributed by atoms with van der Waals surface area (Å²) in [7, 11) is 0. The highest BCUT2D eigenvalue weighted by atomic mass is 19.4. The second-order valence-electron chi connectivity index (χ2n) is 5.96. The molecule has 1 atom stereocenters. The number of benzene rings is 1. The first-order valence-corrected chi connectivity index (χ1v) is 7.57. The number of nitrogens with two attached hydrogens (primary N) is 1. The first kappa shape index (κ1) is 16.6. The molecule has 3 rings (SSSR count). The Kier molecular flexibility index (Phi) is 4.13. The van der Waals surface area contributed by atoms with Gasteiger partial charge < -0.3 is 15.6 Å². The van der Waals surface area contributed by atoms with Crippen molar-refractivity contribution in [1.29, 1.82) is 0 Å². The van der Waals surface area contributed by atoms with Crippen molar-refractivity contribution in [2.45, 2.75) is 37.1 Å². The van der Waals surface area contributed by atoms with Gasteiger partial charge in [-0.25, -0.2) is 0 Å². The first-order chi connectivity index (χ1) is 11.3. The molecule has 1 aliphatic rings. The third-order valence-corrected chi connectivity index (χ3v) is 4.56. The Hall–Kier alpha value is -2.28. The van der Waals surface area contributed by atoms with Gasteiger partial charge in [-0.3, -0.25) is 4.98 Å². The molecule has 1 saturated carbocycles. The van der Waals surface area contributed by atoms with E-state index in [1.54, 1.807) is 30.5 Å². The fraction of sp³-hybridized carbons (Fsp3) is 0.353. The van der Waals surface area contributed by atoms with Crippen molar-refractivity contribution in [3.05, 3.63) is 53.9 Å². The maximum absolute atomic E-state index is 12.3. The van der Waals surface area contributed by atoms with Gasteiger partial charge in [-0.2, -0.15) is 0 Å². The van der Waals surface area contributed by atoms with Gasteiger partial charge in [-0.1, -0.05) is 18.6 Å². The van der Waals surface area contributed by atoms with Gasteiger partial charge in [-0.05, 0) is 42.7 Å². The minimum Gasteiger partial charge on any atom is -0.406 e. The Morgan fingerprint density at radius 2 is 1.83 bits per heavy atom.